The van der Waals surface area contributed by atoms with E-state index in [0.29, 0.717) is 5.56 Å². The van der Waals surface area contributed by atoms with E-state index in [2.05, 4.69) is 9.84 Å². The van der Waals surface area contributed by atoms with Crippen molar-refractivity contribution in [1.29, 1.82) is 0 Å². The van der Waals surface area contributed by atoms with Gasteiger partial charge >= 0.3 is 6.61 Å². The van der Waals surface area contributed by atoms with Crippen LogP contribution in [0.3, 0.4) is 0 Å². The molecule has 2 rings (SSSR count). The monoisotopic (exact) mass is 391 g/mol. The van der Waals surface area contributed by atoms with Gasteiger partial charge in [0, 0.05) is 13.6 Å². The van der Waals surface area contributed by atoms with Crippen molar-refractivity contribution in [3.8, 4) is 5.75 Å². The number of carbonyl (C=O) groups is 1. The molecule has 0 spiro atoms. The van der Waals surface area contributed by atoms with Crippen LogP contribution in [0.15, 0.2) is 35.3 Å². The van der Waals surface area contributed by atoms with Crippen molar-refractivity contribution in [3.63, 3.8) is 0 Å². The molecule has 2 aromatic rings. The van der Waals surface area contributed by atoms with E-state index in [4.69, 9.17) is 23.2 Å². The molecule has 0 N–H and O–H groups in total. The number of aromatic nitrogens is 2. The Morgan fingerprint density at radius 1 is 1.32 bits per heavy atom. The number of nitrogens with zero attached hydrogens (tertiary/aromatic N) is 3. The Morgan fingerprint density at radius 2 is 1.96 bits per heavy atom. The van der Waals surface area contributed by atoms with Gasteiger partial charge in [0.2, 0.25) is 5.91 Å². The van der Waals surface area contributed by atoms with Crippen LogP contribution < -0.4 is 10.3 Å². The maximum Gasteiger partial charge on any atom is 0.387 e. The van der Waals surface area contributed by atoms with Gasteiger partial charge in [0.1, 0.15) is 17.3 Å². The highest BCUT2D eigenvalue weighted by molar-refractivity contribution is 6.41. The zero-order valence-corrected chi connectivity index (χ0v) is 14.5. The van der Waals surface area contributed by atoms with Gasteiger partial charge in [-0.05, 0) is 17.7 Å². The molecular formula is C15H13Cl2F2N3O3. The maximum absolute atomic E-state index is 12.2. The largest absolute Gasteiger partial charge is 0.435 e. The maximum atomic E-state index is 12.2. The van der Waals surface area contributed by atoms with Crippen molar-refractivity contribution in [2.24, 2.45) is 0 Å². The summed E-state index contributed by atoms with van der Waals surface area (Å²) in [6.07, 6.45) is 1.18. The third-order valence-corrected chi connectivity index (χ3v) is 3.97. The van der Waals surface area contributed by atoms with E-state index in [1.54, 1.807) is 12.1 Å². The number of hydrogen-bond donors (Lipinski definition) is 0. The Bertz CT molecular complexity index is 813. The Hall–Kier alpha value is -2.19. The van der Waals surface area contributed by atoms with Gasteiger partial charge in [0.15, 0.2) is 0 Å². The molecule has 0 aliphatic heterocycles. The molecule has 0 saturated heterocycles. The summed E-state index contributed by atoms with van der Waals surface area (Å²) < 4.78 is 29.4. The molecule has 1 aromatic heterocycles. The van der Waals surface area contributed by atoms with Gasteiger partial charge in [-0.2, -0.15) is 13.9 Å². The molecule has 1 aromatic carbocycles. The molecule has 0 atom stereocenters. The topological polar surface area (TPSA) is 64.4 Å². The lowest BCUT2D eigenvalue weighted by Gasteiger charge is -2.18. The number of amides is 1. The van der Waals surface area contributed by atoms with Crippen LogP contribution in [0.4, 0.5) is 8.78 Å². The van der Waals surface area contributed by atoms with Crippen LogP contribution in [0.5, 0.6) is 5.75 Å². The van der Waals surface area contributed by atoms with Crippen molar-refractivity contribution in [3.05, 3.63) is 56.4 Å². The van der Waals surface area contributed by atoms with Crippen molar-refractivity contribution < 1.29 is 18.3 Å². The van der Waals surface area contributed by atoms with Crippen molar-refractivity contribution in [2.45, 2.75) is 19.7 Å². The molecule has 0 fully saturated rings. The van der Waals surface area contributed by atoms with E-state index >= 15 is 0 Å². The molecule has 25 heavy (non-hydrogen) atoms. The van der Waals surface area contributed by atoms with Crippen LogP contribution in [0.25, 0.3) is 0 Å². The fraction of sp³-hybridized carbons (Fsp3) is 0.267. The van der Waals surface area contributed by atoms with Crippen LogP contribution in [0.2, 0.25) is 10.0 Å². The molecule has 0 aliphatic rings. The number of carbonyl (C=O) groups excluding carboxylic acids is 1. The highest BCUT2D eigenvalue weighted by Gasteiger charge is 2.14. The molecule has 0 aliphatic carbocycles. The van der Waals surface area contributed by atoms with Gasteiger partial charge in [0.25, 0.3) is 5.56 Å². The second-order valence-corrected chi connectivity index (χ2v) is 5.83. The summed E-state index contributed by atoms with van der Waals surface area (Å²) in [5.41, 5.74) is 0.0383. The number of alkyl halides is 2. The summed E-state index contributed by atoms with van der Waals surface area (Å²) in [5, 5.41) is 3.56. The average Bonchev–Trinajstić information content (AvgIpc) is 2.56. The highest BCUT2D eigenvalue weighted by Crippen LogP contribution is 2.16. The number of benzene rings is 1. The van der Waals surface area contributed by atoms with E-state index in [-0.39, 0.29) is 34.8 Å². The Balaban J connectivity index is 2.01. The van der Waals surface area contributed by atoms with E-state index in [0.717, 1.165) is 4.68 Å². The van der Waals surface area contributed by atoms with Gasteiger partial charge in [-0.25, -0.2) is 4.68 Å². The summed E-state index contributed by atoms with van der Waals surface area (Å²) in [6.45, 7) is -2.99. The lowest BCUT2D eigenvalue weighted by molar-refractivity contribution is -0.131. The first-order chi connectivity index (χ1) is 11.8. The zero-order chi connectivity index (χ0) is 18.6. The number of ether oxygens (including phenoxy) is 1. The number of halogens is 4. The molecule has 1 heterocycles. The van der Waals surface area contributed by atoms with Crippen LogP contribution in [-0.2, 0) is 17.9 Å². The summed E-state index contributed by atoms with van der Waals surface area (Å²) >= 11 is 11.4. The summed E-state index contributed by atoms with van der Waals surface area (Å²) in [5.74, 6) is -0.361. The number of hydrogen-bond acceptors (Lipinski definition) is 4. The van der Waals surface area contributed by atoms with Gasteiger partial charge < -0.3 is 9.64 Å². The molecular weight excluding hydrogens is 379 g/mol. The van der Waals surface area contributed by atoms with Crippen molar-refractivity contribution in [2.75, 3.05) is 7.05 Å². The first-order valence-corrected chi connectivity index (χ1v) is 7.72. The second kappa shape index (κ2) is 8.26. The fourth-order valence-corrected chi connectivity index (χ4v) is 2.22. The Morgan fingerprint density at radius 3 is 2.56 bits per heavy atom. The molecule has 6 nitrogen and oxygen atoms in total. The van der Waals surface area contributed by atoms with Gasteiger partial charge in [-0.3, -0.25) is 9.59 Å². The van der Waals surface area contributed by atoms with Crippen LogP contribution in [0.1, 0.15) is 5.56 Å². The number of likely N-dealkylation sites (N-methyl/N-ethyl adjacent to an activating group) is 1. The Labute approximate surface area is 151 Å². The lowest BCUT2D eigenvalue weighted by atomic mass is 10.2. The lowest BCUT2D eigenvalue weighted by Crippen LogP contribution is -2.34. The van der Waals surface area contributed by atoms with Crippen LogP contribution in [-0.4, -0.2) is 34.2 Å². The minimum atomic E-state index is -2.90. The molecule has 0 bridgehead atoms. The third kappa shape index (κ3) is 5.14. The van der Waals surface area contributed by atoms with E-state index < -0.39 is 12.2 Å². The second-order valence-electron chi connectivity index (χ2n) is 5.04. The molecule has 1 amide bonds. The minimum absolute atomic E-state index is 0.00910. The average molecular weight is 392 g/mol. The number of rotatable bonds is 6. The molecule has 0 unspecified atom stereocenters. The predicted molar refractivity (Wildman–Crippen MR) is 88.1 cm³/mol. The molecule has 0 radical (unpaired) electrons. The van der Waals surface area contributed by atoms with Crippen LogP contribution in [0, 0.1) is 0 Å². The summed E-state index contributed by atoms with van der Waals surface area (Å²) in [6, 6.07) is 5.88. The predicted octanol–water partition coefficient (Wildman–Crippen LogP) is 2.81. The SMILES string of the molecule is CN(Cc1ccc(OC(F)F)cc1)C(=O)Cn1ncc(Cl)c(Cl)c1=O. The van der Waals surface area contributed by atoms with Gasteiger partial charge in [-0.1, -0.05) is 35.3 Å². The van der Waals surface area contributed by atoms with Gasteiger partial charge in [-0.15, -0.1) is 0 Å². The van der Waals surface area contributed by atoms with E-state index in [1.807, 2.05) is 0 Å². The standard InChI is InChI=1S/C15H13Cl2F2N3O3/c1-21(7-9-2-4-10(5-3-9)25-15(18)19)12(23)8-22-14(24)13(17)11(16)6-20-22/h2-6,15H,7-8H2,1H3. The summed E-state index contributed by atoms with van der Waals surface area (Å²) in [7, 11) is 1.54. The van der Waals surface area contributed by atoms with E-state index in [9.17, 15) is 18.4 Å². The summed E-state index contributed by atoms with van der Waals surface area (Å²) in [4.78, 5) is 25.4. The first kappa shape index (κ1) is 19.1. The Kier molecular flexibility index (Phi) is 6.33. The van der Waals surface area contributed by atoms with Crippen molar-refractivity contribution >= 4 is 29.1 Å². The quantitative estimate of drug-likeness (QED) is 0.759. The molecule has 0 saturated carbocycles. The normalized spacial score (nSPS) is 10.8. The highest BCUT2D eigenvalue weighted by atomic mass is 35.5. The van der Waals surface area contributed by atoms with Crippen LogP contribution >= 0.6 is 23.2 Å². The third-order valence-electron chi connectivity index (χ3n) is 3.22. The molecule has 134 valence electrons. The smallest absolute Gasteiger partial charge is 0.387 e. The molecule has 10 heteroatoms. The fourth-order valence-electron chi connectivity index (χ4n) is 1.94. The minimum Gasteiger partial charge on any atom is -0.435 e. The van der Waals surface area contributed by atoms with E-state index in [1.165, 1.54) is 30.3 Å². The van der Waals surface area contributed by atoms with Gasteiger partial charge in [0.05, 0.1) is 11.2 Å². The first-order valence-electron chi connectivity index (χ1n) is 6.96. The zero-order valence-electron chi connectivity index (χ0n) is 13.0. The van der Waals surface area contributed by atoms with Crippen molar-refractivity contribution in [1.82, 2.24) is 14.7 Å².